The zero-order valence-corrected chi connectivity index (χ0v) is 15.7. The molecule has 1 aliphatic rings. The molecule has 1 saturated heterocycles. The molecule has 3 rings (SSSR count). The second-order valence-corrected chi connectivity index (χ2v) is 7.34. The predicted molar refractivity (Wildman–Crippen MR) is 98.5 cm³/mol. The maximum atomic E-state index is 13.0. The molecule has 0 aromatic carbocycles. The third-order valence-electron chi connectivity index (χ3n) is 5.11. The zero-order valence-electron chi connectivity index (χ0n) is 15.7. The van der Waals surface area contributed by atoms with Crippen LogP contribution in [0.25, 0.3) is 0 Å². The predicted octanol–water partition coefficient (Wildman–Crippen LogP) is 1.72. The lowest BCUT2D eigenvalue weighted by atomic mass is 9.95. The van der Waals surface area contributed by atoms with Crippen molar-refractivity contribution < 1.29 is 4.79 Å². The molecule has 1 amide bonds. The van der Waals surface area contributed by atoms with Gasteiger partial charge in [-0.1, -0.05) is 0 Å². The summed E-state index contributed by atoms with van der Waals surface area (Å²) in [5.74, 6) is 1.40. The fourth-order valence-electron chi connectivity index (χ4n) is 3.44. The summed E-state index contributed by atoms with van der Waals surface area (Å²) in [6, 6.07) is 0. The molecule has 8 nitrogen and oxygen atoms in total. The molecule has 140 valence electrons. The SMILES string of the molecule is CNc1cnc(CC2CCCN(C(=O)C(C)(C)n3cncn3)CC2)cn1. The molecule has 8 heteroatoms. The van der Waals surface area contributed by atoms with Gasteiger partial charge >= 0.3 is 0 Å². The van der Waals surface area contributed by atoms with Crippen molar-refractivity contribution >= 4 is 11.7 Å². The Hall–Kier alpha value is -2.51. The second-order valence-electron chi connectivity index (χ2n) is 7.34. The summed E-state index contributed by atoms with van der Waals surface area (Å²) < 4.78 is 1.64. The largest absolute Gasteiger partial charge is 0.372 e. The average molecular weight is 357 g/mol. The zero-order chi connectivity index (χ0) is 18.6. The van der Waals surface area contributed by atoms with E-state index in [0.29, 0.717) is 5.92 Å². The molecule has 2 aromatic rings. The van der Waals surface area contributed by atoms with Crippen LogP contribution < -0.4 is 5.32 Å². The van der Waals surface area contributed by atoms with Crippen molar-refractivity contribution in [1.29, 1.82) is 0 Å². The molecule has 0 bridgehead atoms. The number of anilines is 1. The molecular weight excluding hydrogens is 330 g/mol. The first kappa shape index (κ1) is 18.3. The Bertz CT molecular complexity index is 712. The highest BCUT2D eigenvalue weighted by Gasteiger charge is 2.35. The van der Waals surface area contributed by atoms with Crippen LogP contribution in [0.1, 0.15) is 38.8 Å². The van der Waals surface area contributed by atoms with Crippen molar-refractivity contribution in [3.8, 4) is 0 Å². The van der Waals surface area contributed by atoms with Crippen LogP contribution in [-0.2, 0) is 16.8 Å². The molecule has 0 aliphatic carbocycles. The first-order chi connectivity index (χ1) is 12.5. The maximum absolute atomic E-state index is 13.0. The molecule has 1 aliphatic heterocycles. The summed E-state index contributed by atoms with van der Waals surface area (Å²) in [6.07, 6.45) is 10.7. The monoisotopic (exact) mass is 357 g/mol. The van der Waals surface area contributed by atoms with Gasteiger partial charge < -0.3 is 10.2 Å². The van der Waals surface area contributed by atoms with Crippen LogP contribution in [0.2, 0.25) is 0 Å². The fourth-order valence-corrected chi connectivity index (χ4v) is 3.44. The molecule has 0 spiro atoms. The van der Waals surface area contributed by atoms with E-state index in [1.54, 1.807) is 17.2 Å². The van der Waals surface area contributed by atoms with Crippen molar-refractivity contribution in [3.63, 3.8) is 0 Å². The minimum atomic E-state index is -0.717. The van der Waals surface area contributed by atoms with Crippen molar-refractivity contribution in [2.45, 2.75) is 45.1 Å². The topological polar surface area (TPSA) is 88.8 Å². The minimum absolute atomic E-state index is 0.0989. The molecule has 2 aromatic heterocycles. The lowest BCUT2D eigenvalue weighted by Crippen LogP contribution is -2.47. The van der Waals surface area contributed by atoms with Gasteiger partial charge in [0.25, 0.3) is 0 Å². The van der Waals surface area contributed by atoms with Crippen LogP contribution in [0.5, 0.6) is 0 Å². The number of aromatic nitrogens is 5. The normalized spacial score (nSPS) is 18.4. The number of hydrogen-bond donors (Lipinski definition) is 1. The Labute approximate surface area is 154 Å². The number of hydrogen-bond acceptors (Lipinski definition) is 6. The van der Waals surface area contributed by atoms with E-state index in [0.717, 1.165) is 50.3 Å². The number of amides is 1. The molecular formula is C18H27N7O. The van der Waals surface area contributed by atoms with E-state index in [2.05, 4.69) is 25.4 Å². The Morgan fingerprint density at radius 2 is 2.12 bits per heavy atom. The molecule has 1 unspecified atom stereocenters. The Morgan fingerprint density at radius 1 is 1.27 bits per heavy atom. The number of carbonyl (C=O) groups is 1. The average Bonchev–Trinajstić information content (AvgIpc) is 3.10. The molecule has 1 N–H and O–H groups in total. The van der Waals surface area contributed by atoms with Crippen molar-refractivity contribution in [2.24, 2.45) is 5.92 Å². The van der Waals surface area contributed by atoms with Gasteiger partial charge in [-0.15, -0.1) is 0 Å². The summed E-state index contributed by atoms with van der Waals surface area (Å²) in [5.41, 5.74) is 0.293. The summed E-state index contributed by atoms with van der Waals surface area (Å²) in [5, 5.41) is 7.13. The van der Waals surface area contributed by atoms with E-state index >= 15 is 0 Å². The lowest BCUT2D eigenvalue weighted by Gasteiger charge is -2.31. The Kier molecular flexibility index (Phi) is 5.49. The number of nitrogens with one attached hydrogen (secondary N) is 1. The van der Waals surface area contributed by atoms with Gasteiger partial charge in [0.15, 0.2) is 0 Å². The van der Waals surface area contributed by atoms with Crippen LogP contribution in [0.15, 0.2) is 25.0 Å². The highest BCUT2D eigenvalue weighted by atomic mass is 16.2. The number of carbonyl (C=O) groups excluding carboxylic acids is 1. The fraction of sp³-hybridized carbons (Fsp3) is 0.611. The van der Waals surface area contributed by atoms with Gasteiger partial charge in [-0.3, -0.25) is 9.78 Å². The van der Waals surface area contributed by atoms with E-state index in [1.807, 2.05) is 32.0 Å². The van der Waals surface area contributed by atoms with E-state index in [4.69, 9.17) is 0 Å². The molecule has 1 atom stereocenters. The highest BCUT2D eigenvalue weighted by Crippen LogP contribution is 2.24. The van der Waals surface area contributed by atoms with Crippen LogP contribution in [0, 0.1) is 5.92 Å². The van der Waals surface area contributed by atoms with Gasteiger partial charge in [0.2, 0.25) is 5.91 Å². The van der Waals surface area contributed by atoms with Crippen molar-refractivity contribution in [3.05, 3.63) is 30.7 Å². The van der Waals surface area contributed by atoms with Crippen molar-refractivity contribution in [1.82, 2.24) is 29.6 Å². The standard InChI is InChI=1S/C18H27N7O/c1-18(2,25-13-20-12-23-25)17(26)24-7-4-5-14(6-8-24)9-15-10-22-16(19-3)11-21-15/h10-14H,4-9H2,1-3H3,(H,19,22). The third kappa shape index (κ3) is 4.00. The van der Waals surface area contributed by atoms with Gasteiger partial charge in [0, 0.05) is 20.1 Å². The smallest absolute Gasteiger partial charge is 0.250 e. The maximum Gasteiger partial charge on any atom is 0.250 e. The third-order valence-corrected chi connectivity index (χ3v) is 5.11. The first-order valence-electron chi connectivity index (χ1n) is 9.14. The van der Waals surface area contributed by atoms with Gasteiger partial charge in [0.05, 0.1) is 18.1 Å². The van der Waals surface area contributed by atoms with E-state index in [1.165, 1.54) is 6.33 Å². The first-order valence-corrected chi connectivity index (χ1v) is 9.14. The number of nitrogens with zero attached hydrogens (tertiary/aromatic N) is 6. The summed E-state index contributed by atoms with van der Waals surface area (Å²) in [4.78, 5) is 27.8. The minimum Gasteiger partial charge on any atom is -0.372 e. The summed E-state index contributed by atoms with van der Waals surface area (Å²) in [7, 11) is 1.83. The molecule has 3 heterocycles. The van der Waals surface area contributed by atoms with Gasteiger partial charge in [-0.2, -0.15) is 5.10 Å². The second kappa shape index (κ2) is 7.80. The molecule has 1 fully saturated rings. The quantitative estimate of drug-likeness (QED) is 0.876. The molecule has 0 saturated carbocycles. The number of rotatable bonds is 5. The lowest BCUT2D eigenvalue weighted by molar-refractivity contribution is -0.139. The molecule has 0 radical (unpaired) electrons. The van der Waals surface area contributed by atoms with E-state index < -0.39 is 5.54 Å². The van der Waals surface area contributed by atoms with Crippen molar-refractivity contribution in [2.75, 3.05) is 25.5 Å². The molecule has 26 heavy (non-hydrogen) atoms. The summed E-state index contributed by atoms with van der Waals surface area (Å²) >= 11 is 0. The van der Waals surface area contributed by atoms with Gasteiger partial charge in [-0.25, -0.2) is 14.6 Å². The van der Waals surface area contributed by atoms with E-state index in [9.17, 15) is 4.79 Å². The Balaban J connectivity index is 1.60. The highest BCUT2D eigenvalue weighted by molar-refractivity contribution is 5.83. The van der Waals surface area contributed by atoms with Crippen LogP contribution in [-0.4, -0.2) is 55.7 Å². The van der Waals surface area contributed by atoms with Gasteiger partial charge in [0.1, 0.15) is 24.0 Å². The van der Waals surface area contributed by atoms with Crippen LogP contribution in [0.3, 0.4) is 0 Å². The van der Waals surface area contributed by atoms with Crippen LogP contribution >= 0.6 is 0 Å². The summed E-state index contributed by atoms with van der Waals surface area (Å²) in [6.45, 7) is 5.35. The van der Waals surface area contributed by atoms with Crippen LogP contribution in [0.4, 0.5) is 5.82 Å². The van der Waals surface area contributed by atoms with Gasteiger partial charge in [-0.05, 0) is 45.4 Å². The Morgan fingerprint density at radius 3 is 2.77 bits per heavy atom. The number of likely N-dealkylation sites (tertiary alicyclic amines) is 1. The van der Waals surface area contributed by atoms with E-state index in [-0.39, 0.29) is 5.91 Å².